The first-order valence-corrected chi connectivity index (χ1v) is 10.7. The van der Waals surface area contributed by atoms with E-state index < -0.39 is 0 Å². The molecule has 4 heteroatoms. The Labute approximate surface area is 156 Å². The van der Waals surface area contributed by atoms with Gasteiger partial charge in [0.1, 0.15) is 0 Å². The van der Waals surface area contributed by atoms with E-state index in [-0.39, 0.29) is 31.8 Å². The lowest BCUT2D eigenvalue weighted by Crippen LogP contribution is -2.31. The first kappa shape index (κ1) is 24.8. The van der Waals surface area contributed by atoms with Crippen LogP contribution in [0.3, 0.4) is 0 Å². The topological polar surface area (TPSA) is 69.9 Å². The summed E-state index contributed by atoms with van der Waals surface area (Å²) >= 11 is 0. The largest absolute Gasteiger partial charge is 0.396 e. The fourth-order valence-corrected chi connectivity index (χ4v) is 3.25. The van der Waals surface area contributed by atoms with Gasteiger partial charge in [-0.05, 0) is 12.8 Å². The van der Waals surface area contributed by atoms with Gasteiger partial charge in [-0.3, -0.25) is 0 Å². The predicted octanol–water partition coefficient (Wildman–Crippen LogP) is 4.45. The normalized spacial score (nSPS) is 13.9. The van der Waals surface area contributed by atoms with Gasteiger partial charge in [0.2, 0.25) is 0 Å². The number of aliphatic hydroxyl groups is 3. The SMILES string of the molecule is CCCCCCCCCCCCCCCOC(CO)C(CO)CCO. The molecule has 0 saturated carbocycles. The Bertz CT molecular complexity index is 248. The lowest BCUT2D eigenvalue weighted by molar-refractivity contribution is -0.0445. The van der Waals surface area contributed by atoms with Crippen molar-refractivity contribution in [1.82, 2.24) is 0 Å². The van der Waals surface area contributed by atoms with Crippen LogP contribution in [0.2, 0.25) is 0 Å². The van der Waals surface area contributed by atoms with E-state index in [1.54, 1.807) is 0 Å². The molecule has 0 aliphatic rings. The molecule has 2 atom stereocenters. The van der Waals surface area contributed by atoms with Gasteiger partial charge in [0.15, 0.2) is 0 Å². The van der Waals surface area contributed by atoms with Gasteiger partial charge in [0.25, 0.3) is 0 Å². The van der Waals surface area contributed by atoms with Crippen LogP contribution in [-0.2, 0) is 4.74 Å². The van der Waals surface area contributed by atoms with Crippen LogP contribution in [0.5, 0.6) is 0 Å². The summed E-state index contributed by atoms with van der Waals surface area (Å²) in [4.78, 5) is 0. The van der Waals surface area contributed by atoms with Gasteiger partial charge in [0, 0.05) is 25.7 Å². The molecule has 0 saturated heterocycles. The van der Waals surface area contributed by atoms with Crippen molar-refractivity contribution in [3.05, 3.63) is 0 Å². The first-order valence-electron chi connectivity index (χ1n) is 10.7. The zero-order valence-electron chi connectivity index (χ0n) is 16.6. The lowest BCUT2D eigenvalue weighted by Gasteiger charge is -2.23. The molecule has 0 rings (SSSR count). The zero-order chi connectivity index (χ0) is 18.6. The maximum atomic E-state index is 9.34. The number of aliphatic hydroxyl groups excluding tert-OH is 3. The van der Waals surface area contributed by atoms with Gasteiger partial charge in [-0.2, -0.15) is 0 Å². The molecule has 3 N–H and O–H groups in total. The second-order valence-electron chi connectivity index (χ2n) is 7.29. The van der Waals surface area contributed by atoms with Crippen LogP contribution in [-0.4, -0.2) is 47.9 Å². The Kier molecular flexibility index (Phi) is 20.0. The van der Waals surface area contributed by atoms with Gasteiger partial charge in [0.05, 0.1) is 12.7 Å². The summed E-state index contributed by atoms with van der Waals surface area (Å²) in [5.74, 6) is -0.169. The molecule has 0 fully saturated rings. The summed E-state index contributed by atoms with van der Waals surface area (Å²) in [5.41, 5.74) is 0. The molecule has 0 heterocycles. The molecule has 0 aromatic heterocycles. The van der Waals surface area contributed by atoms with Crippen molar-refractivity contribution in [3.8, 4) is 0 Å². The Balaban J connectivity index is 3.34. The molecule has 4 nitrogen and oxygen atoms in total. The molecule has 0 radical (unpaired) electrons. The highest BCUT2D eigenvalue weighted by Crippen LogP contribution is 2.14. The molecule has 0 amide bonds. The predicted molar refractivity (Wildman–Crippen MR) is 105 cm³/mol. The fourth-order valence-electron chi connectivity index (χ4n) is 3.25. The number of hydrogen-bond acceptors (Lipinski definition) is 4. The summed E-state index contributed by atoms with van der Waals surface area (Å²) in [6.07, 6.45) is 17.3. The molecule has 0 bridgehead atoms. The number of unbranched alkanes of at least 4 members (excludes halogenated alkanes) is 12. The van der Waals surface area contributed by atoms with Crippen LogP contribution in [0.15, 0.2) is 0 Å². The molecule has 0 spiro atoms. The quantitative estimate of drug-likeness (QED) is 0.281. The summed E-state index contributed by atoms with van der Waals surface area (Å²) in [6, 6.07) is 0. The third kappa shape index (κ3) is 15.8. The van der Waals surface area contributed by atoms with Crippen molar-refractivity contribution in [1.29, 1.82) is 0 Å². The van der Waals surface area contributed by atoms with Crippen molar-refractivity contribution in [2.24, 2.45) is 5.92 Å². The molecular formula is C21H44O4. The summed E-state index contributed by atoms with van der Waals surface area (Å²) < 4.78 is 5.68. The van der Waals surface area contributed by atoms with E-state index in [0.717, 1.165) is 6.42 Å². The van der Waals surface area contributed by atoms with Crippen LogP contribution in [0.1, 0.15) is 96.8 Å². The van der Waals surface area contributed by atoms with E-state index in [1.807, 2.05) is 0 Å². The van der Waals surface area contributed by atoms with Crippen molar-refractivity contribution in [2.45, 2.75) is 103 Å². The smallest absolute Gasteiger partial charge is 0.0856 e. The molecule has 152 valence electrons. The van der Waals surface area contributed by atoms with Crippen molar-refractivity contribution in [3.63, 3.8) is 0 Å². The summed E-state index contributed by atoms with van der Waals surface area (Å²) in [6.45, 7) is 2.77. The van der Waals surface area contributed by atoms with E-state index in [9.17, 15) is 10.2 Å². The Morgan fingerprint density at radius 2 is 1.12 bits per heavy atom. The molecule has 0 aliphatic heterocycles. The molecule has 0 aliphatic carbocycles. The maximum absolute atomic E-state index is 9.34. The highest BCUT2D eigenvalue weighted by Gasteiger charge is 2.20. The van der Waals surface area contributed by atoms with Gasteiger partial charge >= 0.3 is 0 Å². The van der Waals surface area contributed by atoms with Crippen LogP contribution in [0.25, 0.3) is 0 Å². The van der Waals surface area contributed by atoms with E-state index in [4.69, 9.17) is 9.84 Å². The molecule has 25 heavy (non-hydrogen) atoms. The average Bonchev–Trinajstić information content (AvgIpc) is 2.63. The fraction of sp³-hybridized carbons (Fsp3) is 1.00. The Hall–Kier alpha value is -0.160. The van der Waals surface area contributed by atoms with Crippen LogP contribution >= 0.6 is 0 Å². The minimum absolute atomic E-state index is 0.0177. The number of rotatable bonds is 20. The van der Waals surface area contributed by atoms with Crippen LogP contribution < -0.4 is 0 Å². The Morgan fingerprint density at radius 1 is 0.640 bits per heavy atom. The van der Waals surface area contributed by atoms with E-state index in [0.29, 0.717) is 13.0 Å². The van der Waals surface area contributed by atoms with Crippen molar-refractivity contribution >= 4 is 0 Å². The van der Waals surface area contributed by atoms with Crippen molar-refractivity contribution in [2.75, 3.05) is 26.4 Å². The maximum Gasteiger partial charge on any atom is 0.0856 e. The third-order valence-corrected chi connectivity index (χ3v) is 5.02. The third-order valence-electron chi connectivity index (χ3n) is 5.02. The zero-order valence-corrected chi connectivity index (χ0v) is 16.6. The minimum atomic E-state index is -0.352. The summed E-state index contributed by atoms with van der Waals surface area (Å²) in [7, 11) is 0. The number of hydrogen-bond donors (Lipinski definition) is 3. The monoisotopic (exact) mass is 360 g/mol. The molecule has 0 aromatic rings. The highest BCUT2D eigenvalue weighted by atomic mass is 16.5. The van der Waals surface area contributed by atoms with Gasteiger partial charge in [-0.15, -0.1) is 0 Å². The highest BCUT2D eigenvalue weighted by molar-refractivity contribution is 4.69. The van der Waals surface area contributed by atoms with Gasteiger partial charge < -0.3 is 20.1 Å². The second-order valence-corrected chi connectivity index (χ2v) is 7.29. The Morgan fingerprint density at radius 3 is 1.52 bits per heavy atom. The van der Waals surface area contributed by atoms with Crippen molar-refractivity contribution < 1.29 is 20.1 Å². The second kappa shape index (κ2) is 20.2. The lowest BCUT2D eigenvalue weighted by atomic mass is 10.0. The molecule has 0 aromatic carbocycles. The average molecular weight is 361 g/mol. The van der Waals surface area contributed by atoms with Crippen LogP contribution in [0.4, 0.5) is 0 Å². The van der Waals surface area contributed by atoms with Crippen LogP contribution in [0, 0.1) is 5.92 Å². The molecular weight excluding hydrogens is 316 g/mol. The van der Waals surface area contributed by atoms with E-state index >= 15 is 0 Å². The van der Waals surface area contributed by atoms with E-state index in [1.165, 1.54) is 77.0 Å². The summed E-state index contributed by atoms with van der Waals surface area (Å²) in [5, 5.41) is 27.6. The standard InChI is InChI=1S/C21H44O4/c1-2-3-4-5-6-7-8-9-10-11-12-13-14-17-25-21(19-24)20(18-23)15-16-22/h20-24H,2-19H2,1H3. The van der Waals surface area contributed by atoms with Gasteiger partial charge in [-0.25, -0.2) is 0 Å². The molecule has 2 unspecified atom stereocenters. The van der Waals surface area contributed by atoms with E-state index in [2.05, 4.69) is 6.92 Å². The number of ether oxygens (including phenoxy) is 1. The minimum Gasteiger partial charge on any atom is -0.396 e. The first-order chi connectivity index (χ1) is 12.3. The van der Waals surface area contributed by atoms with Gasteiger partial charge in [-0.1, -0.05) is 84.0 Å².